The second-order valence-electron chi connectivity index (χ2n) is 9.37. The summed E-state index contributed by atoms with van der Waals surface area (Å²) in [6.07, 6.45) is 11.6. The molecule has 0 N–H and O–H groups in total. The molecule has 0 atom stereocenters. The molecule has 1 saturated carbocycles. The fraction of sp³-hybridized carbons (Fsp3) is 0.500. The molecule has 176 valence electrons. The molecule has 9 heteroatoms. The largest absolute Gasteiger partial charge is 0.459 e. The summed E-state index contributed by atoms with van der Waals surface area (Å²) in [5.74, 6) is 1.55. The van der Waals surface area contributed by atoms with Crippen molar-refractivity contribution >= 4 is 21.0 Å². The molecule has 2 fully saturated rings. The molecule has 4 heterocycles. The van der Waals surface area contributed by atoms with Crippen LogP contribution in [-0.4, -0.2) is 59.6 Å². The summed E-state index contributed by atoms with van der Waals surface area (Å²) in [5.41, 5.74) is 3.68. The topological polar surface area (TPSA) is 88.7 Å². The van der Waals surface area contributed by atoms with Crippen molar-refractivity contribution < 1.29 is 12.8 Å². The summed E-state index contributed by atoms with van der Waals surface area (Å²) in [7, 11) is -1.39. The second-order valence-corrected chi connectivity index (χ2v) is 11.3. The smallest absolute Gasteiger partial charge is 0.261 e. The maximum absolute atomic E-state index is 12.9. The lowest BCUT2D eigenvalue weighted by atomic mass is 9.98. The first kappa shape index (κ1) is 22.3. The third-order valence-corrected chi connectivity index (χ3v) is 8.10. The summed E-state index contributed by atoms with van der Waals surface area (Å²) < 4.78 is 32.9. The Labute approximate surface area is 193 Å². The summed E-state index contributed by atoms with van der Waals surface area (Å²) in [4.78, 5) is 19.4. The number of nitrogens with zero attached hydrogens (tertiary/aromatic N) is 4. The van der Waals surface area contributed by atoms with E-state index in [-0.39, 0.29) is 5.56 Å². The maximum Gasteiger partial charge on any atom is 0.261 e. The maximum atomic E-state index is 12.9. The lowest BCUT2D eigenvalue weighted by Crippen LogP contribution is -2.47. The minimum atomic E-state index is -3.17. The zero-order valence-corrected chi connectivity index (χ0v) is 20.0. The van der Waals surface area contributed by atoms with Crippen LogP contribution in [0.25, 0.3) is 22.1 Å². The van der Waals surface area contributed by atoms with Crippen LogP contribution in [0, 0.1) is 5.92 Å². The van der Waals surface area contributed by atoms with E-state index in [1.165, 1.54) is 29.0 Å². The zero-order chi connectivity index (χ0) is 23.2. The van der Waals surface area contributed by atoms with Crippen molar-refractivity contribution in [1.29, 1.82) is 0 Å². The standard InChI is InChI=1S/C24H30N4O4S/c1-26-16-22(20-7-8-25-14-18(20)6-5-17-3-4-17)23-21(24(26)29)13-19(32-23)15-27-9-11-28(12-10-27)33(2,30)31/h7-8,13-14,16-17H,3-6,9-12,15H2,1-2H3. The number of hydrogen-bond donors (Lipinski definition) is 0. The van der Waals surface area contributed by atoms with Crippen LogP contribution >= 0.6 is 0 Å². The number of hydrogen-bond acceptors (Lipinski definition) is 6. The van der Waals surface area contributed by atoms with Gasteiger partial charge in [-0.15, -0.1) is 0 Å². The minimum Gasteiger partial charge on any atom is -0.459 e. The van der Waals surface area contributed by atoms with E-state index in [9.17, 15) is 13.2 Å². The van der Waals surface area contributed by atoms with E-state index in [1.807, 2.05) is 24.5 Å². The molecule has 33 heavy (non-hydrogen) atoms. The molecular weight excluding hydrogens is 440 g/mol. The highest BCUT2D eigenvalue weighted by Gasteiger charge is 2.25. The van der Waals surface area contributed by atoms with Gasteiger partial charge in [0.05, 0.1) is 18.2 Å². The van der Waals surface area contributed by atoms with Crippen LogP contribution in [0.5, 0.6) is 0 Å². The van der Waals surface area contributed by atoms with Gasteiger partial charge in [-0.2, -0.15) is 4.31 Å². The number of pyridine rings is 2. The normalized spacial score (nSPS) is 18.2. The van der Waals surface area contributed by atoms with Gasteiger partial charge in [-0.25, -0.2) is 8.42 Å². The molecule has 0 aromatic carbocycles. The van der Waals surface area contributed by atoms with Crippen molar-refractivity contribution in [3.05, 3.63) is 52.4 Å². The van der Waals surface area contributed by atoms with Gasteiger partial charge in [0.1, 0.15) is 11.3 Å². The van der Waals surface area contributed by atoms with Gasteiger partial charge in [0.2, 0.25) is 10.0 Å². The molecule has 0 amide bonds. The molecule has 5 rings (SSSR count). The lowest BCUT2D eigenvalue weighted by Gasteiger charge is -2.32. The molecule has 0 unspecified atom stereocenters. The number of aryl methyl sites for hydroxylation is 2. The van der Waals surface area contributed by atoms with Gasteiger partial charge in [0.15, 0.2) is 0 Å². The van der Waals surface area contributed by atoms with E-state index >= 15 is 0 Å². The van der Waals surface area contributed by atoms with E-state index in [2.05, 4.69) is 9.88 Å². The quantitative estimate of drug-likeness (QED) is 0.527. The van der Waals surface area contributed by atoms with E-state index in [1.54, 1.807) is 17.8 Å². The zero-order valence-electron chi connectivity index (χ0n) is 19.2. The van der Waals surface area contributed by atoms with Crippen molar-refractivity contribution in [3.63, 3.8) is 0 Å². The van der Waals surface area contributed by atoms with Crippen molar-refractivity contribution in [1.82, 2.24) is 18.8 Å². The van der Waals surface area contributed by atoms with Crippen LogP contribution < -0.4 is 5.56 Å². The van der Waals surface area contributed by atoms with Gasteiger partial charge < -0.3 is 8.98 Å². The van der Waals surface area contributed by atoms with Crippen molar-refractivity contribution in [2.24, 2.45) is 13.0 Å². The van der Waals surface area contributed by atoms with E-state index < -0.39 is 10.0 Å². The summed E-state index contributed by atoms with van der Waals surface area (Å²) in [6, 6.07) is 3.85. The van der Waals surface area contributed by atoms with Gasteiger partial charge >= 0.3 is 0 Å². The molecule has 0 bridgehead atoms. The first-order chi connectivity index (χ1) is 15.8. The molecule has 2 aliphatic rings. The minimum absolute atomic E-state index is 0.0840. The van der Waals surface area contributed by atoms with Gasteiger partial charge in [-0.3, -0.25) is 14.7 Å². The molecule has 0 spiro atoms. The Morgan fingerprint density at radius 1 is 1.15 bits per heavy atom. The van der Waals surface area contributed by atoms with E-state index in [0.717, 1.165) is 35.6 Å². The predicted molar refractivity (Wildman–Crippen MR) is 127 cm³/mol. The average molecular weight is 471 g/mol. The highest BCUT2D eigenvalue weighted by atomic mass is 32.2. The molecule has 1 aliphatic heterocycles. The first-order valence-electron chi connectivity index (χ1n) is 11.5. The fourth-order valence-electron chi connectivity index (χ4n) is 4.67. The van der Waals surface area contributed by atoms with E-state index in [4.69, 9.17) is 4.42 Å². The fourth-order valence-corrected chi connectivity index (χ4v) is 5.49. The van der Waals surface area contributed by atoms with Crippen LogP contribution in [0.3, 0.4) is 0 Å². The molecule has 0 radical (unpaired) electrons. The van der Waals surface area contributed by atoms with Crippen molar-refractivity contribution in [3.8, 4) is 11.1 Å². The Bertz CT molecular complexity index is 1330. The Hall–Kier alpha value is -2.49. The Morgan fingerprint density at radius 2 is 1.91 bits per heavy atom. The number of fused-ring (bicyclic) bond motifs is 1. The van der Waals surface area contributed by atoms with Gasteiger partial charge in [0, 0.05) is 57.4 Å². The number of furan rings is 1. The van der Waals surface area contributed by atoms with Crippen LogP contribution in [0.15, 0.2) is 39.9 Å². The predicted octanol–water partition coefficient (Wildman–Crippen LogP) is 2.61. The Morgan fingerprint density at radius 3 is 2.61 bits per heavy atom. The monoisotopic (exact) mass is 470 g/mol. The average Bonchev–Trinajstić information content (AvgIpc) is 3.53. The van der Waals surface area contributed by atoms with Crippen molar-refractivity contribution in [2.75, 3.05) is 32.4 Å². The van der Waals surface area contributed by atoms with Crippen LogP contribution in [-0.2, 0) is 30.0 Å². The first-order valence-corrected chi connectivity index (χ1v) is 13.4. The molecule has 8 nitrogen and oxygen atoms in total. The molecule has 3 aromatic heterocycles. The highest BCUT2D eigenvalue weighted by molar-refractivity contribution is 7.88. The SMILES string of the molecule is Cn1cc(-c2ccncc2CCC2CC2)c2oc(CN3CCN(S(C)(=O)=O)CC3)cc2c1=O. The van der Waals surface area contributed by atoms with Crippen LogP contribution in [0.2, 0.25) is 0 Å². The number of piperazine rings is 1. The lowest BCUT2D eigenvalue weighted by molar-refractivity contribution is 0.172. The Balaban J connectivity index is 1.45. The van der Waals surface area contributed by atoms with Crippen molar-refractivity contribution in [2.45, 2.75) is 32.2 Å². The molecule has 1 saturated heterocycles. The number of aromatic nitrogens is 2. The highest BCUT2D eigenvalue weighted by Crippen LogP contribution is 2.36. The third-order valence-electron chi connectivity index (χ3n) is 6.79. The molecule has 1 aliphatic carbocycles. The number of rotatable bonds is 7. The van der Waals surface area contributed by atoms with E-state index in [0.29, 0.717) is 43.7 Å². The van der Waals surface area contributed by atoms with Gasteiger partial charge in [-0.05, 0) is 42.0 Å². The van der Waals surface area contributed by atoms with Gasteiger partial charge in [0.25, 0.3) is 5.56 Å². The van der Waals surface area contributed by atoms with Crippen LogP contribution in [0.4, 0.5) is 0 Å². The summed E-state index contributed by atoms with van der Waals surface area (Å²) in [5, 5.41) is 0.574. The molecular formula is C24H30N4O4S. The van der Waals surface area contributed by atoms with Gasteiger partial charge in [-0.1, -0.05) is 12.8 Å². The second kappa shape index (κ2) is 8.70. The molecule has 3 aromatic rings. The van der Waals surface area contributed by atoms with Crippen LogP contribution in [0.1, 0.15) is 30.6 Å². The third kappa shape index (κ3) is 4.76. The number of sulfonamides is 1. The summed E-state index contributed by atoms with van der Waals surface area (Å²) >= 11 is 0. The Kier molecular flexibility index (Phi) is 5.88. The summed E-state index contributed by atoms with van der Waals surface area (Å²) in [6.45, 7) is 2.73.